The highest BCUT2D eigenvalue weighted by Gasteiger charge is 2.46. The molecule has 0 saturated carbocycles. The molecule has 1 aliphatic rings. The Bertz CT molecular complexity index is 3390. The first-order valence-electron chi connectivity index (χ1n) is 20.9. The molecule has 2 heterocycles. The van der Waals surface area contributed by atoms with Gasteiger partial charge in [0, 0.05) is 38.2 Å². The van der Waals surface area contributed by atoms with Gasteiger partial charge in [-0.2, -0.15) is 0 Å². The third kappa shape index (κ3) is 5.48. The highest BCUT2D eigenvalue weighted by atomic mass is 14.9. The van der Waals surface area contributed by atoms with Gasteiger partial charge in [0.1, 0.15) is 0 Å². The smallest absolute Gasteiger partial charge is 0.160 e. The molecule has 0 saturated heterocycles. The lowest BCUT2D eigenvalue weighted by Gasteiger charge is -2.34. The minimum absolute atomic E-state index is 0.477. The monoisotopic (exact) mass is 775 g/mol. The van der Waals surface area contributed by atoms with Crippen molar-refractivity contribution in [1.82, 2.24) is 15.0 Å². The molecule has 61 heavy (non-hydrogen) atoms. The van der Waals surface area contributed by atoms with Crippen molar-refractivity contribution in [2.75, 3.05) is 0 Å². The minimum atomic E-state index is -0.477. The molecule has 0 fully saturated rings. The zero-order valence-corrected chi connectivity index (χ0v) is 33.2. The van der Waals surface area contributed by atoms with Crippen molar-refractivity contribution in [1.29, 1.82) is 0 Å². The molecule has 284 valence electrons. The van der Waals surface area contributed by atoms with Gasteiger partial charge in [0.05, 0.1) is 27.8 Å². The molecule has 0 aliphatic heterocycles. The third-order valence-electron chi connectivity index (χ3n) is 12.6. The van der Waals surface area contributed by atoms with Gasteiger partial charge >= 0.3 is 0 Å². The number of para-hydroxylation sites is 2. The Labute approximate surface area is 354 Å². The van der Waals surface area contributed by atoms with Crippen molar-refractivity contribution in [3.63, 3.8) is 0 Å². The summed E-state index contributed by atoms with van der Waals surface area (Å²) >= 11 is 0. The molecule has 0 bridgehead atoms. The molecule has 2 aromatic heterocycles. The Morgan fingerprint density at radius 2 is 0.787 bits per heavy atom. The Kier molecular flexibility index (Phi) is 8.07. The van der Waals surface area contributed by atoms with Gasteiger partial charge < -0.3 is 0 Å². The van der Waals surface area contributed by atoms with E-state index in [9.17, 15) is 0 Å². The fourth-order valence-corrected chi connectivity index (χ4v) is 9.85. The van der Waals surface area contributed by atoms with Crippen LogP contribution in [0.5, 0.6) is 0 Å². The second-order valence-electron chi connectivity index (χ2n) is 15.8. The summed E-state index contributed by atoms with van der Waals surface area (Å²) in [4.78, 5) is 15.5. The van der Waals surface area contributed by atoms with E-state index in [1.807, 2.05) is 18.2 Å². The lowest BCUT2D eigenvalue weighted by Crippen LogP contribution is -2.28. The normalized spacial score (nSPS) is 12.7. The molecule has 9 aromatic carbocycles. The van der Waals surface area contributed by atoms with Crippen LogP contribution in [0, 0.1) is 0 Å². The highest BCUT2D eigenvalue weighted by Crippen LogP contribution is 2.58. The maximum absolute atomic E-state index is 5.39. The Hall–Kier alpha value is -8.01. The van der Waals surface area contributed by atoms with Crippen LogP contribution in [-0.4, -0.2) is 15.0 Å². The van der Waals surface area contributed by atoms with Gasteiger partial charge in [-0.3, -0.25) is 0 Å². The maximum atomic E-state index is 5.39. The molecule has 0 spiro atoms. The van der Waals surface area contributed by atoms with E-state index in [2.05, 4.69) is 206 Å². The van der Waals surface area contributed by atoms with Crippen molar-refractivity contribution < 1.29 is 0 Å². The molecular weight excluding hydrogens is 739 g/mol. The van der Waals surface area contributed by atoms with Crippen LogP contribution in [0.25, 0.3) is 88.7 Å². The summed E-state index contributed by atoms with van der Waals surface area (Å²) in [6, 6.07) is 80.4. The largest absolute Gasteiger partial charge is 0.247 e. The fourth-order valence-electron chi connectivity index (χ4n) is 9.85. The average molecular weight is 776 g/mol. The maximum Gasteiger partial charge on any atom is 0.160 e. The van der Waals surface area contributed by atoms with Crippen LogP contribution >= 0.6 is 0 Å². The van der Waals surface area contributed by atoms with Crippen molar-refractivity contribution in [2.45, 2.75) is 5.41 Å². The number of nitrogens with zero attached hydrogens (tertiary/aromatic N) is 3. The first-order chi connectivity index (χ1) is 30.3. The average Bonchev–Trinajstić information content (AvgIpc) is 3.65. The number of fused-ring (bicyclic) bond motifs is 8. The fraction of sp³-hybridized carbons (Fsp3) is 0.0172. The molecule has 0 radical (unpaired) electrons. The molecule has 12 rings (SSSR count). The number of pyridine rings is 1. The second-order valence-corrected chi connectivity index (χ2v) is 15.8. The van der Waals surface area contributed by atoms with E-state index in [1.54, 1.807) is 0 Å². The van der Waals surface area contributed by atoms with Crippen molar-refractivity contribution in [2.24, 2.45) is 0 Å². The van der Waals surface area contributed by atoms with Crippen molar-refractivity contribution in [3.8, 4) is 56.2 Å². The van der Waals surface area contributed by atoms with E-state index < -0.39 is 5.41 Å². The van der Waals surface area contributed by atoms with Crippen molar-refractivity contribution >= 4 is 32.6 Å². The summed E-state index contributed by atoms with van der Waals surface area (Å²) in [5.41, 5.74) is 16.4. The van der Waals surface area contributed by atoms with Crippen molar-refractivity contribution in [3.05, 3.63) is 247 Å². The standard InChI is InChI=1S/C58H37N3/c1-4-16-40(17-5-1)55-47-24-12-15-27-52(47)60-57(61-55)42-34-30-39(31-35-42)38-28-32-41(33-29-38)56-48-36-37-50-54(53(48)46-23-11-14-26-51(46)59-56)45-22-10-13-25-49(45)58(50,43-18-6-2-7-19-43)44-20-8-3-9-21-44/h1-37H. The summed E-state index contributed by atoms with van der Waals surface area (Å²) < 4.78 is 0. The molecule has 3 heteroatoms. The number of hydrogen-bond acceptors (Lipinski definition) is 3. The summed E-state index contributed by atoms with van der Waals surface area (Å²) in [6.07, 6.45) is 0. The van der Waals surface area contributed by atoms with Crippen LogP contribution in [0.1, 0.15) is 22.3 Å². The lowest BCUT2D eigenvalue weighted by molar-refractivity contribution is 0.769. The number of hydrogen-bond donors (Lipinski definition) is 0. The predicted octanol–water partition coefficient (Wildman–Crippen LogP) is 14.4. The van der Waals surface area contributed by atoms with Gasteiger partial charge in [0.25, 0.3) is 0 Å². The first kappa shape index (κ1) is 35.0. The summed E-state index contributed by atoms with van der Waals surface area (Å²) in [5, 5.41) is 4.59. The number of aromatic nitrogens is 3. The van der Waals surface area contributed by atoms with Crippen LogP contribution in [0.2, 0.25) is 0 Å². The molecular formula is C58H37N3. The minimum Gasteiger partial charge on any atom is -0.247 e. The zero-order valence-electron chi connectivity index (χ0n) is 33.2. The molecule has 0 atom stereocenters. The number of rotatable bonds is 6. The van der Waals surface area contributed by atoms with Gasteiger partial charge in [-0.25, -0.2) is 15.0 Å². The van der Waals surface area contributed by atoms with Gasteiger partial charge in [0.15, 0.2) is 5.82 Å². The van der Waals surface area contributed by atoms with Crippen LogP contribution in [0.3, 0.4) is 0 Å². The van der Waals surface area contributed by atoms with Gasteiger partial charge in [-0.1, -0.05) is 212 Å². The lowest BCUT2D eigenvalue weighted by atomic mass is 9.67. The molecule has 0 N–H and O–H groups in total. The van der Waals surface area contributed by atoms with E-state index in [-0.39, 0.29) is 0 Å². The summed E-state index contributed by atoms with van der Waals surface area (Å²) in [6.45, 7) is 0. The summed E-state index contributed by atoms with van der Waals surface area (Å²) in [7, 11) is 0. The molecule has 11 aromatic rings. The van der Waals surface area contributed by atoms with Gasteiger partial charge in [0.2, 0.25) is 0 Å². The Balaban J connectivity index is 0.977. The third-order valence-corrected chi connectivity index (χ3v) is 12.6. The van der Waals surface area contributed by atoms with E-state index in [0.29, 0.717) is 5.82 Å². The Morgan fingerprint density at radius 3 is 1.46 bits per heavy atom. The predicted molar refractivity (Wildman–Crippen MR) is 251 cm³/mol. The zero-order chi connectivity index (χ0) is 40.3. The van der Waals surface area contributed by atoms with Gasteiger partial charge in [-0.15, -0.1) is 0 Å². The molecule has 0 amide bonds. The molecule has 0 unspecified atom stereocenters. The van der Waals surface area contributed by atoms with Crippen LogP contribution in [0.4, 0.5) is 0 Å². The van der Waals surface area contributed by atoms with E-state index >= 15 is 0 Å². The van der Waals surface area contributed by atoms with Gasteiger partial charge in [-0.05, 0) is 56.6 Å². The number of benzene rings is 9. The summed E-state index contributed by atoms with van der Waals surface area (Å²) in [5.74, 6) is 0.715. The highest BCUT2D eigenvalue weighted by molar-refractivity contribution is 6.19. The van der Waals surface area contributed by atoms with E-state index in [4.69, 9.17) is 15.0 Å². The SMILES string of the molecule is c1ccc(-c2nc(-c3ccc(-c4ccc(-c5nc6ccccc6c6c7c(ccc56)C(c5ccccc5)(c5ccccc5)c5ccccc5-7)cc4)cc3)nc3ccccc23)cc1. The second kappa shape index (κ2) is 14.1. The van der Waals surface area contributed by atoms with Crippen LogP contribution in [-0.2, 0) is 5.41 Å². The topological polar surface area (TPSA) is 38.7 Å². The first-order valence-corrected chi connectivity index (χ1v) is 20.9. The van der Waals surface area contributed by atoms with Crippen LogP contribution < -0.4 is 0 Å². The Morgan fingerprint density at radius 1 is 0.295 bits per heavy atom. The van der Waals surface area contributed by atoms with E-state index in [1.165, 1.54) is 38.8 Å². The molecule has 3 nitrogen and oxygen atoms in total. The van der Waals surface area contributed by atoms with E-state index in [0.717, 1.165) is 66.4 Å². The quantitative estimate of drug-likeness (QED) is 0.158. The van der Waals surface area contributed by atoms with Crippen LogP contribution in [0.15, 0.2) is 224 Å². The molecule has 1 aliphatic carbocycles.